The van der Waals surface area contributed by atoms with Crippen molar-refractivity contribution in [3.63, 3.8) is 0 Å². The third kappa shape index (κ3) is 3.22. The monoisotopic (exact) mass is 390 g/mol. The van der Waals surface area contributed by atoms with Gasteiger partial charge < -0.3 is 4.90 Å². The first-order chi connectivity index (χ1) is 14.1. The molecule has 5 nitrogen and oxygen atoms in total. The quantitative estimate of drug-likeness (QED) is 0.654. The summed E-state index contributed by atoms with van der Waals surface area (Å²) < 4.78 is 15.2. The molecule has 1 saturated carbocycles. The first-order valence-electron chi connectivity index (χ1n) is 10.2. The van der Waals surface area contributed by atoms with Crippen molar-refractivity contribution in [2.24, 2.45) is 0 Å². The number of hydrogen-bond acceptors (Lipinski definition) is 3. The lowest BCUT2D eigenvalue weighted by atomic mass is 10.1. The number of carbonyl (C=O) groups is 1. The van der Waals surface area contributed by atoms with Crippen LogP contribution in [-0.4, -0.2) is 31.6 Å². The van der Waals surface area contributed by atoms with Crippen LogP contribution in [0.2, 0.25) is 0 Å². The third-order valence-electron chi connectivity index (χ3n) is 5.91. The number of fused-ring (bicyclic) bond motifs is 1. The molecule has 3 aromatic rings. The fourth-order valence-corrected chi connectivity index (χ4v) is 4.30. The Balaban J connectivity index is 1.53. The van der Waals surface area contributed by atoms with Crippen molar-refractivity contribution in [2.75, 3.05) is 0 Å². The summed E-state index contributed by atoms with van der Waals surface area (Å²) in [4.78, 5) is 20.1. The lowest BCUT2D eigenvalue weighted by Gasteiger charge is -2.28. The predicted molar refractivity (Wildman–Crippen MR) is 107 cm³/mol. The minimum Gasteiger partial charge on any atom is -0.326 e. The summed E-state index contributed by atoms with van der Waals surface area (Å²) in [5.74, 6) is -0.303. The molecule has 5 rings (SSSR count). The molecule has 6 heteroatoms. The Morgan fingerprint density at radius 1 is 1.17 bits per heavy atom. The lowest BCUT2D eigenvalue weighted by Crippen LogP contribution is -2.36. The number of aromatic nitrogens is 3. The number of benzene rings is 1. The number of amides is 1. The number of rotatable bonds is 5. The molecule has 2 heterocycles. The van der Waals surface area contributed by atoms with Crippen LogP contribution in [-0.2, 0) is 12.8 Å². The van der Waals surface area contributed by atoms with Gasteiger partial charge in [0.05, 0.1) is 17.4 Å². The van der Waals surface area contributed by atoms with Gasteiger partial charge in [-0.25, -0.2) is 9.07 Å². The third-order valence-corrected chi connectivity index (χ3v) is 5.91. The van der Waals surface area contributed by atoms with Crippen LogP contribution in [0.25, 0.3) is 5.69 Å². The van der Waals surface area contributed by atoms with Gasteiger partial charge >= 0.3 is 0 Å². The molecule has 1 atom stereocenters. The Labute approximate surface area is 169 Å². The average Bonchev–Trinajstić information content (AvgIpc) is 3.33. The highest BCUT2D eigenvalue weighted by Gasteiger charge is 2.40. The van der Waals surface area contributed by atoms with Crippen LogP contribution < -0.4 is 0 Å². The van der Waals surface area contributed by atoms with Gasteiger partial charge in [-0.3, -0.25) is 9.78 Å². The Morgan fingerprint density at radius 2 is 1.97 bits per heavy atom. The Kier molecular flexibility index (Phi) is 4.42. The number of halogens is 1. The van der Waals surface area contributed by atoms with E-state index in [1.807, 2.05) is 34.7 Å². The van der Waals surface area contributed by atoms with E-state index in [9.17, 15) is 9.18 Å². The van der Waals surface area contributed by atoms with E-state index in [0.29, 0.717) is 5.69 Å². The van der Waals surface area contributed by atoms with Crippen LogP contribution >= 0.6 is 0 Å². The van der Waals surface area contributed by atoms with Crippen molar-refractivity contribution in [3.05, 3.63) is 77.1 Å². The minimum atomic E-state index is -0.280. The van der Waals surface area contributed by atoms with Gasteiger partial charge in [-0.2, -0.15) is 5.10 Å². The fraction of sp³-hybridized carbons (Fsp3) is 0.348. The van der Waals surface area contributed by atoms with E-state index >= 15 is 0 Å². The summed E-state index contributed by atoms with van der Waals surface area (Å²) in [7, 11) is 0. The highest BCUT2D eigenvalue weighted by Crippen LogP contribution is 2.37. The maximum atomic E-state index is 13.7. The van der Waals surface area contributed by atoms with E-state index in [0.717, 1.165) is 54.7 Å². The molecular weight excluding hydrogens is 367 g/mol. The van der Waals surface area contributed by atoms with Crippen LogP contribution in [0.5, 0.6) is 0 Å². The summed E-state index contributed by atoms with van der Waals surface area (Å²) in [6.07, 6.45) is 6.55. The average molecular weight is 390 g/mol. The summed E-state index contributed by atoms with van der Waals surface area (Å²) >= 11 is 0. The number of nitrogens with zero attached hydrogens (tertiary/aromatic N) is 4. The molecule has 0 spiro atoms. The van der Waals surface area contributed by atoms with E-state index in [-0.39, 0.29) is 23.8 Å². The zero-order chi connectivity index (χ0) is 20.0. The first-order valence-corrected chi connectivity index (χ1v) is 10.2. The first kappa shape index (κ1) is 18.0. The van der Waals surface area contributed by atoms with Crippen molar-refractivity contribution >= 4 is 5.91 Å². The number of pyridine rings is 1. The van der Waals surface area contributed by atoms with Crippen LogP contribution in [0, 0.1) is 5.82 Å². The summed E-state index contributed by atoms with van der Waals surface area (Å²) in [6.45, 7) is 2.04. The molecule has 1 unspecified atom stereocenters. The van der Waals surface area contributed by atoms with Gasteiger partial charge in [-0.1, -0.05) is 6.07 Å². The molecule has 1 fully saturated rings. The van der Waals surface area contributed by atoms with E-state index < -0.39 is 0 Å². The van der Waals surface area contributed by atoms with Crippen LogP contribution in [0.4, 0.5) is 4.39 Å². The van der Waals surface area contributed by atoms with E-state index in [4.69, 9.17) is 5.10 Å². The van der Waals surface area contributed by atoms with Gasteiger partial charge in [0.2, 0.25) is 0 Å². The molecule has 0 N–H and O–H groups in total. The van der Waals surface area contributed by atoms with E-state index in [1.165, 1.54) is 12.1 Å². The highest BCUT2D eigenvalue weighted by atomic mass is 19.1. The molecule has 2 aliphatic carbocycles. The van der Waals surface area contributed by atoms with Gasteiger partial charge in [0.25, 0.3) is 5.91 Å². The molecule has 2 aliphatic rings. The number of carbonyl (C=O) groups excluding carboxylic acids is 1. The van der Waals surface area contributed by atoms with Crippen LogP contribution in [0.3, 0.4) is 0 Å². The zero-order valence-electron chi connectivity index (χ0n) is 16.4. The van der Waals surface area contributed by atoms with Crippen molar-refractivity contribution in [1.82, 2.24) is 19.7 Å². The molecule has 0 radical (unpaired) electrons. The van der Waals surface area contributed by atoms with Crippen LogP contribution in [0.15, 0.2) is 48.7 Å². The minimum absolute atomic E-state index is 0.0235. The maximum absolute atomic E-state index is 13.7. The summed E-state index contributed by atoms with van der Waals surface area (Å²) in [6, 6.07) is 12.2. The Morgan fingerprint density at radius 3 is 2.66 bits per heavy atom. The van der Waals surface area contributed by atoms with E-state index in [1.54, 1.807) is 18.3 Å². The van der Waals surface area contributed by atoms with Crippen molar-refractivity contribution in [3.8, 4) is 5.69 Å². The molecule has 0 bridgehead atoms. The topological polar surface area (TPSA) is 51.0 Å². The molecule has 0 aliphatic heterocycles. The largest absolute Gasteiger partial charge is 0.326 e. The smallest absolute Gasteiger partial charge is 0.275 e. The van der Waals surface area contributed by atoms with Crippen molar-refractivity contribution in [1.29, 1.82) is 0 Å². The Hall–Kier alpha value is -3.02. The molecule has 29 heavy (non-hydrogen) atoms. The van der Waals surface area contributed by atoms with Crippen molar-refractivity contribution in [2.45, 2.75) is 51.1 Å². The van der Waals surface area contributed by atoms with Gasteiger partial charge in [0, 0.05) is 23.5 Å². The molecule has 0 saturated heterocycles. The zero-order valence-corrected chi connectivity index (χ0v) is 16.4. The standard InChI is InChI=1S/C23H23FN4O/c1-15(20-6-2-3-14-25-20)27(17-12-13-17)23(29)22-19-5-4-7-21(19)28(26-22)18-10-8-16(24)9-11-18/h2-3,6,8-11,14-15,17H,4-5,7,12-13H2,1H3. The molecule has 1 amide bonds. The van der Waals surface area contributed by atoms with Gasteiger partial charge in [0.1, 0.15) is 5.82 Å². The number of hydrogen-bond donors (Lipinski definition) is 0. The fourth-order valence-electron chi connectivity index (χ4n) is 4.30. The second-order valence-electron chi connectivity index (χ2n) is 7.89. The highest BCUT2D eigenvalue weighted by molar-refractivity contribution is 5.95. The maximum Gasteiger partial charge on any atom is 0.275 e. The van der Waals surface area contributed by atoms with Gasteiger partial charge in [-0.15, -0.1) is 0 Å². The lowest BCUT2D eigenvalue weighted by molar-refractivity contribution is 0.0662. The summed E-state index contributed by atoms with van der Waals surface area (Å²) in [5.41, 5.74) is 4.33. The van der Waals surface area contributed by atoms with Gasteiger partial charge in [0.15, 0.2) is 5.69 Å². The SMILES string of the molecule is CC(c1ccccn1)N(C(=O)c1nn(-c2ccc(F)cc2)c2c1CCC2)C1CC1. The second kappa shape index (κ2) is 7.10. The van der Waals surface area contributed by atoms with Gasteiger partial charge in [-0.05, 0) is 75.4 Å². The summed E-state index contributed by atoms with van der Waals surface area (Å²) in [5, 5.41) is 4.72. The molecule has 2 aromatic heterocycles. The molecule has 1 aromatic carbocycles. The predicted octanol–water partition coefficient (Wildman–Crippen LogP) is 4.26. The van der Waals surface area contributed by atoms with Crippen molar-refractivity contribution < 1.29 is 9.18 Å². The Bertz CT molecular complexity index is 1040. The molecular formula is C23H23FN4O. The molecule has 148 valence electrons. The van der Waals surface area contributed by atoms with Crippen LogP contribution in [0.1, 0.15) is 59.7 Å². The second-order valence-corrected chi connectivity index (χ2v) is 7.89. The van der Waals surface area contributed by atoms with E-state index in [2.05, 4.69) is 4.98 Å². The normalized spacial score (nSPS) is 16.5.